The molecule has 0 aliphatic carbocycles. The standard InChI is InChI=1S/C16H25O3P/c1-10(2)13-7-14(11(3)4)16(9-19-20(17)18)15(8-13)12(5)6/h7-8,10-12H,9H2,1-6H3/p+1. The van der Waals surface area contributed by atoms with Crippen LogP contribution in [0.25, 0.3) is 0 Å². The lowest BCUT2D eigenvalue weighted by molar-refractivity contribution is 0.270. The van der Waals surface area contributed by atoms with E-state index in [1.54, 1.807) is 0 Å². The van der Waals surface area contributed by atoms with E-state index in [1.807, 2.05) is 0 Å². The van der Waals surface area contributed by atoms with Crippen LogP contribution < -0.4 is 0 Å². The van der Waals surface area contributed by atoms with Gasteiger partial charge in [-0.15, -0.1) is 9.42 Å². The summed E-state index contributed by atoms with van der Waals surface area (Å²) in [7, 11) is -2.56. The zero-order valence-electron chi connectivity index (χ0n) is 13.3. The van der Waals surface area contributed by atoms with Crippen LogP contribution in [0.2, 0.25) is 0 Å². The Morgan fingerprint density at radius 2 is 1.45 bits per heavy atom. The summed E-state index contributed by atoms with van der Waals surface area (Å²) in [4.78, 5) is 8.90. The third-order valence-corrected chi connectivity index (χ3v) is 3.92. The average Bonchev–Trinajstić information content (AvgIpc) is 2.34. The minimum atomic E-state index is -2.56. The van der Waals surface area contributed by atoms with E-state index in [2.05, 4.69) is 53.7 Å². The predicted octanol–water partition coefficient (Wildman–Crippen LogP) is 5.22. The van der Waals surface area contributed by atoms with Gasteiger partial charge in [-0.25, -0.2) is 0 Å². The first-order valence-electron chi connectivity index (χ1n) is 7.19. The minimum absolute atomic E-state index is 0.200. The lowest BCUT2D eigenvalue weighted by Gasteiger charge is -2.21. The van der Waals surface area contributed by atoms with Crippen LogP contribution in [0.5, 0.6) is 0 Å². The lowest BCUT2D eigenvalue weighted by atomic mass is 9.85. The highest BCUT2D eigenvalue weighted by Crippen LogP contribution is 2.34. The molecule has 4 heteroatoms. The maximum atomic E-state index is 10.8. The first kappa shape index (κ1) is 17.3. The van der Waals surface area contributed by atoms with Gasteiger partial charge in [0.2, 0.25) is 0 Å². The van der Waals surface area contributed by atoms with Crippen molar-refractivity contribution in [2.75, 3.05) is 0 Å². The Kier molecular flexibility index (Phi) is 6.32. The molecule has 1 aromatic carbocycles. The van der Waals surface area contributed by atoms with Crippen molar-refractivity contribution in [1.82, 2.24) is 0 Å². The van der Waals surface area contributed by atoms with Crippen LogP contribution in [-0.2, 0) is 15.7 Å². The van der Waals surface area contributed by atoms with Crippen molar-refractivity contribution in [2.24, 2.45) is 0 Å². The summed E-state index contributed by atoms with van der Waals surface area (Å²) in [5, 5.41) is 0. The fourth-order valence-corrected chi connectivity index (χ4v) is 2.63. The first-order valence-corrected chi connectivity index (χ1v) is 8.32. The smallest absolute Gasteiger partial charge is 0.133 e. The second-order valence-electron chi connectivity index (χ2n) is 6.15. The highest BCUT2D eigenvalue weighted by atomic mass is 31.1. The van der Waals surface area contributed by atoms with Gasteiger partial charge in [-0.1, -0.05) is 53.7 Å². The van der Waals surface area contributed by atoms with Gasteiger partial charge in [0.05, 0.1) is 0 Å². The van der Waals surface area contributed by atoms with Gasteiger partial charge >= 0.3 is 8.25 Å². The van der Waals surface area contributed by atoms with Crippen LogP contribution in [0, 0.1) is 0 Å². The summed E-state index contributed by atoms with van der Waals surface area (Å²) in [6.07, 6.45) is 0. The molecular formula is C16H26O3P+. The molecule has 0 saturated carbocycles. The van der Waals surface area contributed by atoms with Crippen molar-refractivity contribution in [2.45, 2.75) is 65.9 Å². The maximum Gasteiger partial charge on any atom is 0.695 e. The van der Waals surface area contributed by atoms with E-state index < -0.39 is 8.25 Å². The van der Waals surface area contributed by atoms with Crippen LogP contribution in [-0.4, -0.2) is 4.89 Å². The molecule has 0 aliphatic rings. The molecule has 1 unspecified atom stereocenters. The summed E-state index contributed by atoms with van der Waals surface area (Å²) >= 11 is 0. The van der Waals surface area contributed by atoms with E-state index in [-0.39, 0.29) is 6.61 Å². The van der Waals surface area contributed by atoms with E-state index in [9.17, 15) is 4.57 Å². The monoisotopic (exact) mass is 297 g/mol. The molecule has 1 aromatic rings. The summed E-state index contributed by atoms with van der Waals surface area (Å²) < 4.78 is 15.8. The summed E-state index contributed by atoms with van der Waals surface area (Å²) in [6.45, 7) is 13.1. The highest BCUT2D eigenvalue weighted by Gasteiger charge is 2.21. The highest BCUT2D eigenvalue weighted by molar-refractivity contribution is 7.32. The SMILES string of the molecule is CC(C)c1cc(C(C)C)c(CO[P+](=O)O)c(C(C)C)c1. The topological polar surface area (TPSA) is 46.5 Å². The maximum absolute atomic E-state index is 10.8. The number of rotatable bonds is 6. The molecule has 1 atom stereocenters. The van der Waals surface area contributed by atoms with E-state index in [0.717, 1.165) is 5.56 Å². The number of hydrogen-bond donors (Lipinski definition) is 1. The Morgan fingerprint density at radius 1 is 1.00 bits per heavy atom. The Balaban J connectivity index is 3.38. The molecule has 0 amide bonds. The molecule has 20 heavy (non-hydrogen) atoms. The molecule has 0 aromatic heterocycles. The van der Waals surface area contributed by atoms with Gasteiger partial charge in [0, 0.05) is 4.57 Å². The molecule has 0 radical (unpaired) electrons. The van der Waals surface area contributed by atoms with Crippen molar-refractivity contribution < 1.29 is 14.0 Å². The van der Waals surface area contributed by atoms with Gasteiger partial charge in [-0.2, -0.15) is 0 Å². The molecule has 112 valence electrons. The van der Waals surface area contributed by atoms with Crippen molar-refractivity contribution in [3.8, 4) is 0 Å². The van der Waals surface area contributed by atoms with Crippen LogP contribution in [0.3, 0.4) is 0 Å². The van der Waals surface area contributed by atoms with E-state index in [1.165, 1.54) is 16.7 Å². The lowest BCUT2D eigenvalue weighted by Crippen LogP contribution is -2.07. The molecule has 0 spiro atoms. The molecule has 0 fully saturated rings. The van der Waals surface area contributed by atoms with Crippen molar-refractivity contribution in [3.63, 3.8) is 0 Å². The Bertz CT molecular complexity index is 450. The molecule has 0 aliphatic heterocycles. The molecule has 0 heterocycles. The normalized spacial score (nSPS) is 12.6. The quantitative estimate of drug-likeness (QED) is 0.732. The third kappa shape index (κ3) is 4.37. The van der Waals surface area contributed by atoms with E-state index in [4.69, 9.17) is 9.42 Å². The average molecular weight is 297 g/mol. The Hall–Kier alpha value is -0.760. The molecular weight excluding hydrogens is 271 g/mol. The van der Waals surface area contributed by atoms with Crippen molar-refractivity contribution >= 4 is 8.25 Å². The number of hydrogen-bond acceptors (Lipinski definition) is 2. The molecule has 0 bridgehead atoms. The molecule has 1 rings (SSSR count). The second-order valence-corrected chi connectivity index (χ2v) is 6.89. The summed E-state index contributed by atoms with van der Waals surface area (Å²) in [6, 6.07) is 4.43. The summed E-state index contributed by atoms with van der Waals surface area (Å²) in [5.74, 6) is 1.19. The van der Waals surface area contributed by atoms with Gasteiger partial charge in [-0.05, 0) is 40.0 Å². The van der Waals surface area contributed by atoms with Crippen LogP contribution in [0.4, 0.5) is 0 Å². The van der Waals surface area contributed by atoms with E-state index in [0.29, 0.717) is 17.8 Å². The van der Waals surface area contributed by atoms with Gasteiger partial charge < -0.3 is 0 Å². The van der Waals surface area contributed by atoms with Crippen LogP contribution >= 0.6 is 8.25 Å². The molecule has 0 saturated heterocycles. The zero-order valence-corrected chi connectivity index (χ0v) is 14.2. The van der Waals surface area contributed by atoms with E-state index >= 15 is 0 Å². The Morgan fingerprint density at radius 3 is 1.75 bits per heavy atom. The third-order valence-electron chi connectivity index (χ3n) is 3.57. The van der Waals surface area contributed by atoms with Gasteiger partial charge in [0.15, 0.2) is 0 Å². The molecule has 3 nitrogen and oxygen atoms in total. The largest absolute Gasteiger partial charge is 0.695 e. The number of benzene rings is 1. The first-order chi connectivity index (χ1) is 9.23. The second kappa shape index (κ2) is 7.31. The van der Waals surface area contributed by atoms with Crippen LogP contribution in [0.15, 0.2) is 12.1 Å². The van der Waals surface area contributed by atoms with Gasteiger partial charge in [0.25, 0.3) is 0 Å². The molecule has 1 N–H and O–H groups in total. The predicted molar refractivity (Wildman–Crippen MR) is 83.3 cm³/mol. The fourth-order valence-electron chi connectivity index (χ4n) is 2.39. The van der Waals surface area contributed by atoms with Gasteiger partial charge in [0.1, 0.15) is 6.61 Å². The van der Waals surface area contributed by atoms with Crippen LogP contribution in [0.1, 0.15) is 81.5 Å². The minimum Gasteiger partial charge on any atom is -0.133 e. The Labute approximate surface area is 123 Å². The summed E-state index contributed by atoms with van der Waals surface area (Å²) in [5.41, 5.74) is 4.82. The van der Waals surface area contributed by atoms with Crippen molar-refractivity contribution in [3.05, 3.63) is 34.4 Å². The fraction of sp³-hybridized carbons (Fsp3) is 0.625. The zero-order chi connectivity index (χ0) is 15.4. The van der Waals surface area contributed by atoms with Gasteiger partial charge in [-0.3, -0.25) is 0 Å². The van der Waals surface area contributed by atoms with Crippen molar-refractivity contribution in [1.29, 1.82) is 0 Å².